The lowest BCUT2D eigenvalue weighted by Crippen LogP contribution is -2.45. The average Bonchev–Trinajstić information content (AvgIpc) is 3.35. The van der Waals surface area contributed by atoms with Crippen molar-refractivity contribution in [3.8, 4) is 0 Å². The van der Waals surface area contributed by atoms with Crippen LogP contribution in [0.1, 0.15) is 367 Å². The second-order valence-electron chi connectivity index (χ2n) is 22.1. The minimum atomic E-state index is -0.661. The van der Waals surface area contributed by atoms with Gasteiger partial charge >= 0.3 is 5.97 Å². The molecule has 3 N–H and O–H groups in total. The molecule has 0 aliphatic rings. The zero-order chi connectivity index (χ0) is 50.0. The number of ether oxygens (including phenoxy) is 1. The summed E-state index contributed by atoms with van der Waals surface area (Å²) in [6.45, 7) is 4.98. The third-order valence-electron chi connectivity index (χ3n) is 15.2. The van der Waals surface area contributed by atoms with E-state index >= 15 is 0 Å². The lowest BCUT2D eigenvalue weighted by atomic mass is 10.0. The van der Waals surface area contributed by atoms with Crippen LogP contribution in [0.25, 0.3) is 0 Å². The maximum absolute atomic E-state index is 12.5. The molecule has 412 valence electrons. The second-order valence-corrected chi connectivity index (χ2v) is 22.1. The third kappa shape index (κ3) is 56.0. The molecule has 1 amide bonds. The van der Waals surface area contributed by atoms with Gasteiger partial charge in [0.05, 0.1) is 25.4 Å². The van der Waals surface area contributed by atoms with Gasteiger partial charge in [-0.2, -0.15) is 0 Å². The van der Waals surface area contributed by atoms with Crippen LogP contribution in [-0.2, 0) is 14.3 Å². The molecule has 0 aliphatic carbocycles. The number of rotatable bonds is 60. The van der Waals surface area contributed by atoms with Crippen molar-refractivity contribution in [3.63, 3.8) is 0 Å². The summed E-state index contributed by atoms with van der Waals surface area (Å²) in [6.07, 6.45) is 69.8. The Bertz CT molecular complexity index is 990. The Kier molecular flexibility index (Phi) is 58.4. The van der Waals surface area contributed by atoms with Gasteiger partial charge in [-0.1, -0.05) is 328 Å². The molecule has 0 bridgehead atoms. The zero-order valence-corrected chi connectivity index (χ0v) is 47.1. The van der Waals surface area contributed by atoms with E-state index in [0.29, 0.717) is 25.9 Å². The fraction of sp³-hybridized carbons (Fsp3) is 0.968. The van der Waals surface area contributed by atoms with E-state index in [9.17, 15) is 19.8 Å². The van der Waals surface area contributed by atoms with Crippen LogP contribution >= 0.6 is 0 Å². The highest BCUT2D eigenvalue weighted by Gasteiger charge is 2.20. The fourth-order valence-electron chi connectivity index (χ4n) is 10.3. The number of carbonyl (C=O) groups excluding carboxylic acids is 2. The molecule has 0 saturated heterocycles. The molecule has 0 rings (SSSR count). The van der Waals surface area contributed by atoms with Crippen molar-refractivity contribution in [2.75, 3.05) is 13.2 Å². The van der Waals surface area contributed by atoms with Crippen molar-refractivity contribution >= 4 is 11.9 Å². The van der Waals surface area contributed by atoms with Gasteiger partial charge in [0.25, 0.3) is 0 Å². The number of amides is 1. The van der Waals surface area contributed by atoms with Crippen LogP contribution in [0.15, 0.2) is 0 Å². The summed E-state index contributed by atoms with van der Waals surface area (Å²) in [7, 11) is 0. The molecule has 0 aromatic carbocycles. The predicted octanol–water partition coefficient (Wildman–Crippen LogP) is 19.9. The number of esters is 1. The van der Waals surface area contributed by atoms with Crippen LogP contribution in [0, 0.1) is 0 Å². The Morgan fingerprint density at radius 2 is 0.594 bits per heavy atom. The first-order valence-corrected chi connectivity index (χ1v) is 31.8. The number of hydrogen-bond acceptors (Lipinski definition) is 5. The summed E-state index contributed by atoms with van der Waals surface area (Å²) in [5, 5.41) is 23.3. The highest BCUT2D eigenvalue weighted by atomic mass is 16.5. The summed E-state index contributed by atoms with van der Waals surface area (Å²) in [4.78, 5) is 24.5. The molecule has 2 atom stereocenters. The molecule has 0 heterocycles. The highest BCUT2D eigenvalue weighted by molar-refractivity contribution is 5.76. The van der Waals surface area contributed by atoms with Crippen molar-refractivity contribution in [2.45, 2.75) is 379 Å². The van der Waals surface area contributed by atoms with E-state index in [0.717, 1.165) is 38.5 Å². The van der Waals surface area contributed by atoms with Crippen LogP contribution in [-0.4, -0.2) is 47.4 Å². The van der Waals surface area contributed by atoms with Crippen molar-refractivity contribution in [2.24, 2.45) is 0 Å². The molecule has 0 radical (unpaired) electrons. The van der Waals surface area contributed by atoms with E-state index in [1.165, 1.54) is 295 Å². The molecule has 0 aromatic rings. The third-order valence-corrected chi connectivity index (χ3v) is 15.2. The molecule has 0 aliphatic heterocycles. The summed E-state index contributed by atoms with van der Waals surface area (Å²) in [5.74, 6) is -0.0121. The van der Waals surface area contributed by atoms with Crippen LogP contribution in [0.2, 0.25) is 0 Å². The number of hydrogen-bond donors (Lipinski definition) is 3. The molecule has 2 unspecified atom stereocenters. The standard InChI is InChI=1S/C63H125NO5/c1-3-5-7-9-11-13-15-17-28-33-37-41-45-49-53-57-63(68)69-58-54-50-46-42-38-34-30-27-25-23-21-19-18-20-22-24-26-29-32-36-40-44-48-52-56-62(67)64-60(59-65)61(66)55-51-47-43-39-35-31-16-14-12-10-8-6-4-2/h60-61,65-66H,3-59H2,1-2H3,(H,64,67). The zero-order valence-electron chi connectivity index (χ0n) is 47.1. The SMILES string of the molecule is CCCCCCCCCCCCCCCCCC(=O)OCCCCCCCCCCCCCCCCCCCCCCCCCCC(=O)NC(CO)C(O)CCCCCCCCCCCCCCC. The first-order valence-electron chi connectivity index (χ1n) is 31.8. The number of carbonyl (C=O) groups is 2. The van der Waals surface area contributed by atoms with E-state index < -0.39 is 12.1 Å². The van der Waals surface area contributed by atoms with Gasteiger partial charge in [-0.05, 0) is 25.7 Å². The summed E-state index contributed by atoms with van der Waals surface area (Å²) < 4.78 is 5.49. The molecule has 6 heteroatoms. The lowest BCUT2D eigenvalue weighted by molar-refractivity contribution is -0.143. The number of nitrogens with one attached hydrogen (secondary N) is 1. The first kappa shape index (κ1) is 67.9. The molecule has 0 spiro atoms. The second kappa shape index (κ2) is 59.4. The molecule has 0 aromatic heterocycles. The van der Waals surface area contributed by atoms with Gasteiger partial charge in [0, 0.05) is 12.8 Å². The van der Waals surface area contributed by atoms with Crippen molar-refractivity contribution in [1.82, 2.24) is 5.32 Å². The quantitative estimate of drug-likeness (QED) is 0.0417. The minimum absolute atomic E-state index is 0.0193. The Labute approximate surface area is 432 Å². The van der Waals surface area contributed by atoms with Gasteiger partial charge in [-0.3, -0.25) is 9.59 Å². The topological polar surface area (TPSA) is 95.9 Å². The van der Waals surface area contributed by atoms with E-state index in [1.807, 2.05) is 0 Å². The first-order chi connectivity index (χ1) is 34.0. The van der Waals surface area contributed by atoms with Crippen molar-refractivity contribution in [3.05, 3.63) is 0 Å². The molecule has 0 saturated carbocycles. The van der Waals surface area contributed by atoms with Crippen LogP contribution < -0.4 is 5.32 Å². The van der Waals surface area contributed by atoms with Gasteiger partial charge in [0.2, 0.25) is 5.91 Å². The molecular weight excluding hydrogens is 851 g/mol. The van der Waals surface area contributed by atoms with Gasteiger partial charge in [0.1, 0.15) is 0 Å². The van der Waals surface area contributed by atoms with Gasteiger partial charge < -0.3 is 20.3 Å². The van der Waals surface area contributed by atoms with E-state index in [4.69, 9.17) is 4.74 Å². The minimum Gasteiger partial charge on any atom is -0.466 e. The lowest BCUT2D eigenvalue weighted by Gasteiger charge is -2.22. The maximum atomic E-state index is 12.5. The van der Waals surface area contributed by atoms with E-state index in [2.05, 4.69) is 19.2 Å². The molecule has 0 fully saturated rings. The Morgan fingerprint density at radius 3 is 0.884 bits per heavy atom. The Morgan fingerprint density at radius 1 is 0.348 bits per heavy atom. The van der Waals surface area contributed by atoms with E-state index in [-0.39, 0.29) is 18.5 Å². The maximum Gasteiger partial charge on any atom is 0.305 e. The number of aliphatic hydroxyl groups excluding tert-OH is 2. The number of aliphatic hydroxyl groups is 2. The monoisotopic (exact) mass is 976 g/mol. The van der Waals surface area contributed by atoms with E-state index in [1.54, 1.807) is 0 Å². The number of unbranched alkanes of at least 4 members (excludes halogenated alkanes) is 49. The van der Waals surface area contributed by atoms with Crippen LogP contribution in [0.5, 0.6) is 0 Å². The van der Waals surface area contributed by atoms with Gasteiger partial charge in [-0.15, -0.1) is 0 Å². The fourth-order valence-corrected chi connectivity index (χ4v) is 10.3. The Balaban J connectivity index is 3.33. The van der Waals surface area contributed by atoms with Crippen LogP contribution in [0.4, 0.5) is 0 Å². The van der Waals surface area contributed by atoms with Crippen molar-refractivity contribution < 1.29 is 24.5 Å². The average molecular weight is 977 g/mol. The summed E-state index contributed by atoms with van der Waals surface area (Å²) in [6, 6.07) is -0.538. The van der Waals surface area contributed by atoms with Crippen molar-refractivity contribution in [1.29, 1.82) is 0 Å². The van der Waals surface area contributed by atoms with Crippen LogP contribution in [0.3, 0.4) is 0 Å². The molecule has 6 nitrogen and oxygen atoms in total. The molecule has 69 heavy (non-hydrogen) atoms. The normalized spacial score (nSPS) is 12.5. The highest BCUT2D eigenvalue weighted by Crippen LogP contribution is 2.19. The van der Waals surface area contributed by atoms with Gasteiger partial charge in [0.15, 0.2) is 0 Å². The summed E-state index contributed by atoms with van der Waals surface area (Å²) >= 11 is 0. The summed E-state index contributed by atoms with van der Waals surface area (Å²) in [5.41, 5.74) is 0. The predicted molar refractivity (Wildman–Crippen MR) is 301 cm³/mol. The largest absolute Gasteiger partial charge is 0.466 e. The van der Waals surface area contributed by atoms with Gasteiger partial charge in [-0.25, -0.2) is 0 Å². The molecular formula is C63H125NO5. The smallest absolute Gasteiger partial charge is 0.305 e. The Hall–Kier alpha value is -1.14.